The summed E-state index contributed by atoms with van der Waals surface area (Å²) >= 11 is 1.34. The number of nitrogens with zero attached hydrogens (tertiary/aromatic N) is 3. The van der Waals surface area contributed by atoms with E-state index in [2.05, 4.69) is 10.9 Å². The molecule has 0 bridgehead atoms. The Morgan fingerprint density at radius 3 is 2.86 bits per heavy atom. The lowest BCUT2D eigenvalue weighted by molar-refractivity contribution is -0.122. The van der Waals surface area contributed by atoms with Gasteiger partial charge < -0.3 is 14.0 Å². The first-order chi connectivity index (χ1) is 13.4. The zero-order chi connectivity index (χ0) is 19.9. The van der Waals surface area contributed by atoms with Crippen LogP contribution in [0.5, 0.6) is 11.5 Å². The van der Waals surface area contributed by atoms with E-state index in [0.29, 0.717) is 35.7 Å². The largest absolute Gasteiger partial charge is 0.454 e. The van der Waals surface area contributed by atoms with Crippen molar-refractivity contribution in [3.05, 3.63) is 16.9 Å². The minimum absolute atomic E-state index is 0.164. The summed E-state index contributed by atoms with van der Waals surface area (Å²) in [5.74, 6) is 3.09. The predicted molar refractivity (Wildman–Crippen MR) is 104 cm³/mol. The van der Waals surface area contributed by atoms with Crippen molar-refractivity contribution in [2.75, 3.05) is 26.1 Å². The highest BCUT2D eigenvalue weighted by molar-refractivity contribution is 7.88. The third-order valence-electron chi connectivity index (χ3n) is 4.83. The fraction of sp³-hybridized carbons (Fsp3) is 0.444. The maximum absolute atomic E-state index is 12.8. The molecule has 2 aromatic rings. The van der Waals surface area contributed by atoms with Gasteiger partial charge in [0.05, 0.1) is 28.9 Å². The number of hydrogen-bond acceptors (Lipinski definition) is 6. The number of hydrogen-bond donors (Lipinski definition) is 0. The zero-order valence-electron chi connectivity index (χ0n) is 15.3. The highest BCUT2D eigenvalue weighted by Crippen LogP contribution is 2.37. The Morgan fingerprint density at radius 2 is 2.14 bits per heavy atom. The molecule has 3 heterocycles. The molecule has 1 fully saturated rings. The van der Waals surface area contributed by atoms with Gasteiger partial charge in [-0.2, -0.15) is 4.99 Å². The van der Waals surface area contributed by atoms with Crippen molar-refractivity contribution >= 4 is 37.5 Å². The second kappa shape index (κ2) is 7.24. The van der Waals surface area contributed by atoms with Crippen molar-refractivity contribution in [1.29, 1.82) is 0 Å². The number of ether oxygens (including phenoxy) is 2. The molecular weight excluding hydrogens is 402 g/mol. The van der Waals surface area contributed by atoms with Crippen LogP contribution >= 0.6 is 11.3 Å². The first kappa shape index (κ1) is 19.0. The number of carbonyl (C=O) groups is 1. The Kier molecular flexibility index (Phi) is 4.91. The molecule has 1 aromatic heterocycles. The molecule has 10 heteroatoms. The summed E-state index contributed by atoms with van der Waals surface area (Å²) in [4.78, 5) is 17.6. The summed E-state index contributed by atoms with van der Waals surface area (Å²) in [6, 6.07) is 3.69. The molecule has 4 rings (SSSR count). The molecule has 148 valence electrons. The summed E-state index contributed by atoms with van der Waals surface area (Å²) in [6.45, 7) is 1.03. The molecule has 0 spiro atoms. The van der Waals surface area contributed by atoms with Gasteiger partial charge in [-0.1, -0.05) is 17.3 Å². The number of carbonyl (C=O) groups excluding carboxylic acids is 1. The van der Waals surface area contributed by atoms with Gasteiger partial charge in [0.15, 0.2) is 16.3 Å². The summed E-state index contributed by atoms with van der Waals surface area (Å²) in [5, 5.41) is 0. The summed E-state index contributed by atoms with van der Waals surface area (Å²) in [6.07, 6.45) is 7.92. The van der Waals surface area contributed by atoms with Crippen molar-refractivity contribution in [3.8, 4) is 23.8 Å². The third kappa shape index (κ3) is 3.53. The standard InChI is InChI=1S/C18H19N3O5S2/c1-3-6-21-13-8-14-15(26-11-25-14)9-16(13)27-18(21)19-17(22)12-5-4-7-20(10-12)28(2,23)24/h1,8-9,12H,4-7,10-11H2,2H3. The van der Waals surface area contributed by atoms with E-state index in [9.17, 15) is 13.2 Å². The van der Waals surface area contributed by atoms with Crippen LogP contribution in [-0.4, -0.2) is 49.3 Å². The number of benzene rings is 1. The highest BCUT2D eigenvalue weighted by atomic mass is 32.2. The predicted octanol–water partition coefficient (Wildman–Crippen LogP) is 1.16. The molecule has 0 saturated carbocycles. The lowest BCUT2D eigenvalue weighted by atomic mass is 9.99. The maximum atomic E-state index is 12.8. The summed E-state index contributed by atoms with van der Waals surface area (Å²) in [5.41, 5.74) is 0.820. The van der Waals surface area contributed by atoms with Crippen LogP contribution in [0.2, 0.25) is 0 Å². The van der Waals surface area contributed by atoms with E-state index >= 15 is 0 Å². The van der Waals surface area contributed by atoms with Crippen LogP contribution in [0.1, 0.15) is 12.8 Å². The van der Waals surface area contributed by atoms with Gasteiger partial charge in [0, 0.05) is 25.2 Å². The number of fused-ring (bicyclic) bond motifs is 2. The monoisotopic (exact) mass is 421 g/mol. The van der Waals surface area contributed by atoms with E-state index in [-0.39, 0.29) is 25.8 Å². The molecule has 2 aliphatic heterocycles. The van der Waals surface area contributed by atoms with Crippen molar-refractivity contribution in [3.63, 3.8) is 0 Å². The third-order valence-corrected chi connectivity index (χ3v) is 7.15. The Bertz CT molecular complexity index is 1160. The Labute approximate surface area is 166 Å². The number of piperidine rings is 1. The lowest BCUT2D eigenvalue weighted by Crippen LogP contribution is -2.41. The van der Waals surface area contributed by atoms with Gasteiger partial charge in [-0.25, -0.2) is 12.7 Å². The van der Waals surface area contributed by atoms with E-state index < -0.39 is 15.9 Å². The molecule has 1 saturated heterocycles. The van der Waals surface area contributed by atoms with Gasteiger partial charge >= 0.3 is 0 Å². The van der Waals surface area contributed by atoms with E-state index in [1.807, 2.05) is 12.1 Å². The van der Waals surface area contributed by atoms with Gasteiger partial charge in [-0.05, 0) is 12.8 Å². The van der Waals surface area contributed by atoms with Crippen LogP contribution in [0.25, 0.3) is 10.2 Å². The van der Waals surface area contributed by atoms with Crippen LogP contribution < -0.4 is 14.3 Å². The average Bonchev–Trinajstić information content (AvgIpc) is 3.24. The van der Waals surface area contributed by atoms with Crippen LogP contribution in [0.15, 0.2) is 17.1 Å². The smallest absolute Gasteiger partial charge is 0.252 e. The Morgan fingerprint density at radius 1 is 1.39 bits per heavy atom. The molecular formula is C18H19N3O5S2. The maximum Gasteiger partial charge on any atom is 0.252 e. The van der Waals surface area contributed by atoms with Crippen molar-refractivity contribution < 1.29 is 22.7 Å². The number of amides is 1. The molecule has 1 amide bonds. The van der Waals surface area contributed by atoms with Crippen molar-refractivity contribution in [2.24, 2.45) is 10.9 Å². The summed E-state index contributed by atoms with van der Waals surface area (Å²) < 4.78 is 38.5. The first-order valence-electron chi connectivity index (χ1n) is 8.77. The molecule has 0 N–H and O–H groups in total. The Hall–Kier alpha value is -2.35. The van der Waals surface area contributed by atoms with Crippen LogP contribution in [0.3, 0.4) is 0 Å². The second-order valence-corrected chi connectivity index (χ2v) is 9.75. The highest BCUT2D eigenvalue weighted by Gasteiger charge is 2.30. The van der Waals surface area contributed by atoms with Gasteiger partial charge in [0.2, 0.25) is 16.8 Å². The van der Waals surface area contributed by atoms with Crippen LogP contribution in [0.4, 0.5) is 0 Å². The normalized spacial score (nSPS) is 20.4. The first-order valence-corrected chi connectivity index (χ1v) is 11.4. The minimum Gasteiger partial charge on any atom is -0.454 e. The quantitative estimate of drug-likeness (QED) is 0.694. The summed E-state index contributed by atoms with van der Waals surface area (Å²) in [7, 11) is -3.33. The fourth-order valence-electron chi connectivity index (χ4n) is 3.42. The average molecular weight is 422 g/mol. The number of thiazole rings is 1. The topological polar surface area (TPSA) is 90.2 Å². The van der Waals surface area contributed by atoms with Crippen LogP contribution in [-0.2, 0) is 21.4 Å². The lowest BCUT2D eigenvalue weighted by Gasteiger charge is -2.28. The van der Waals surface area contributed by atoms with Crippen molar-refractivity contribution in [1.82, 2.24) is 8.87 Å². The molecule has 8 nitrogen and oxygen atoms in total. The number of sulfonamides is 1. The molecule has 1 atom stereocenters. The molecule has 1 aromatic carbocycles. The number of rotatable bonds is 3. The van der Waals surface area contributed by atoms with E-state index in [1.54, 1.807) is 4.57 Å². The SMILES string of the molecule is C#CCn1c(=NC(=O)C2CCCN(S(C)(=O)=O)C2)sc2cc3c(cc21)OCO3. The molecule has 28 heavy (non-hydrogen) atoms. The second-order valence-electron chi connectivity index (χ2n) is 6.76. The zero-order valence-corrected chi connectivity index (χ0v) is 16.9. The number of aromatic nitrogens is 1. The molecule has 1 unspecified atom stereocenters. The van der Waals surface area contributed by atoms with Gasteiger partial charge in [-0.15, -0.1) is 6.42 Å². The van der Waals surface area contributed by atoms with Crippen LogP contribution in [0, 0.1) is 18.3 Å². The fourth-order valence-corrected chi connectivity index (χ4v) is 5.38. The van der Waals surface area contributed by atoms with E-state index in [4.69, 9.17) is 15.9 Å². The molecule has 0 radical (unpaired) electrons. The van der Waals surface area contributed by atoms with E-state index in [0.717, 1.165) is 16.5 Å². The minimum atomic E-state index is -3.33. The van der Waals surface area contributed by atoms with Gasteiger partial charge in [-0.3, -0.25) is 4.79 Å². The van der Waals surface area contributed by atoms with Gasteiger partial charge in [0.25, 0.3) is 5.91 Å². The molecule has 2 aliphatic rings. The van der Waals surface area contributed by atoms with E-state index in [1.165, 1.54) is 15.6 Å². The molecule has 0 aliphatic carbocycles. The van der Waals surface area contributed by atoms with Gasteiger partial charge in [0.1, 0.15) is 0 Å². The Balaban J connectivity index is 1.71. The van der Waals surface area contributed by atoms with Crippen molar-refractivity contribution in [2.45, 2.75) is 19.4 Å². The number of terminal acetylenes is 1.